The number of hydrogen-bond donors (Lipinski definition) is 3. The van der Waals surface area contributed by atoms with Gasteiger partial charge in [0.2, 0.25) is 5.91 Å². The number of carbonyl (C=O) groups excluding carboxylic acids is 1. The topological polar surface area (TPSA) is 74.2 Å². The van der Waals surface area contributed by atoms with Gasteiger partial charge in [0.1, 0.15) is 11.6 Å². The van der Waals surface area contributed by atoms with E-state index in [1.807, 2.05) is 6.07 Å². The van der Waals surface area contributed by atoms with Crippen molar-refractivity contribution in [3.63, 3.8) is 0 Å². The Morgan fingerprint density at radius 2 is 1.97 bits per heavy atom. The van der Waals surface area contributed by atoms with Crippen molar-refractivity contribution in [1.29, 1.82) is 0 Å². The molecule has 0 radical (unpaired) electrons. The second-order valence-electron chi connectivity index (χ2n) is 8.44. The van der Waals surface area contributed by atoms with Gasteiger partial charge in [0.15, 0.2) is 0 Å². The molecule has 1 aromatic carbocycles. The van der Waals surface area contributed by atoms with E-state index in [4.69, 9.17) is 0 Å². The highest BCUT2D eigenvalue weighted by molar-refractivity contribution is 5.95. The maximum Gasteiger partial charge on any atom is 0.241 e. The Morgan fingerprint density at radius 3 is 2.78 bits per heavy atom. The van der Waals surface area contributed by atoms with Gasteiger partial charge >= 0.3 is 0 Å². The molecule has 4 rings (SSSR count). The van der Waals surface area contributed by atoms with E-state index in [1.54, 1.807) is 24.5 Å². The molecular weight excluding hydrogens is 412 g/mol. The third-order valence-electron chi connectivity index (χ3n) is 6.35. The number of aliphatic hydroxyl groups excluding tert-OH is 1. The number of anilines is 1. The predicted octanol–water partition coefficient (Wildman–Crippen LogP) is 4.69. The molecule has 4 unspecified atom stereocenters. The zero-order chi connectivity index (χ0) is 22.7. The van der Waals surface area contributed by atoms with E-state index in [0.717, 1.165) is 30.4 Å². The molecule has 1 amide bonds. The Balaban J connectivity index is 1.50. The second kappa shape index (κ2) is 9.71. The third kappa shape index (κ3) is 4.79. The van der Waals surface area contributed by atoms with E-state index in [1.165, 1.54) is 18.2 Å². The molecule has 4 atom stereocenters. The van der Waals surface area contributed by atoms with Crippen LogP contribution in [0.3, 0.4) is 0 Å². The summed E-state index contributed by atoms with van der Waals surface area (Å²) < 4.78 is 28.7. The fourth-order valence-corrected chi connectivity index (χ4v) is 4.46. The lowest BCUT2D eigenvalue weighted by molar-refractivity contribution is -0.118. The highest BCUT2D eigenvalue weighted by Crippen LogP contribution is 2.37. The molecule has 2 aromatic rings. The van der Waals surface area contributed by atoms with Gasteiger partial charge in [0, 0.05) is 11.8 Å². The van der Waals surface area contributed by atoms with Gasteiger partial charge in [0.25, 0.3) is 0 Å². The van der Waals surface area contributed by atoms with E-state index >= 15 is 0 Å². The van der Waals surface area contributed by atoms with Crippen LogP contribution in [0.2, 0.25) is 0 Å². The molecule has 0 saturated heterocycles. The van der Waals surface area contributed by atoms with Crippen molar-refractivity contribution in [2.45, 2.75) is 56.2 Å². The zero-order valence-corrected chi connectivity index (χ0v) is 17.7. The van der Waals surface area contributed by atoms with Crippen LogP contribution in [0.25, 0.3) is 0 Å². The molecule has 3 N–H and O–H groups in total. The smallest absolute Gasteiger partial charge is 0.241 e. The monoisotopic (exact) mass is 439 g/mol. The first-order valence-corrected chi connectivity index (χ1v) is 10.9. The number of rotatable bonds is 4. The Labute approximate surface area is 186 Å². The van der Waals surface area contributed by atoms with Gasteiger partial charge in [-0.25, -0.2) is 8.78 Å². The Hall–Kier alpha value is -2.90. The fourth-order valence-electron chi connectivity index (χ4n) is 4.46. The molecule has 7 heteroatoms. The molecule has 1 fully saturated rings. The lowest BCUT2D eigenvalue weighted by Crippen LogP contribution is -2.44. The SMILES string of the molecule is C=C1CCC(c2ccncc2NC(=O)C2CC=C(F)C(c3ccccc3F)N2)CCC1O. The lowest BCUT2D eigenvalue weighted by atomic mass is 9.91. The van der Waals surface area contributed by atoms with Gasteiger partial charge in [-0.05, 0) is 67.4 Å². The number of benzene rings is 1. The minimum absolute atomic E-state index is 0.157. The van der Waals surface area contributed by atoms with Gasteiger partial charge in [0.05, 0.1) is 30.1 Å². The number of aliphatic hydroxyl groups is 1. The number of pyridine rings is 1. The van der Waals surface area contributed by atoms with Gasteiger partial charge in [-0.2, -0.15) is 0 Å². The van der Waals surface area contributed by atoms with E-state index < -0.39 is 29.8 Å². The van der Waals surface area contributed by atoms with Crippen LogP contribution in [0.15, 0.2) is 66.8 Å². The molecule has 1 saturated carbocycles. The minimum atomic E-state index is -1.01. The molecule has 168 valence electrons. The summed E-state index contributed by atoms with van der Waals surface area (Å²) in [5.74, 6) is -1.20. The third-order valence-corrected chi connectivity index (χ3v) is 6.35. The first kappa shape index (κ1) is 22.3. The lowest BCUT2D eigenvalue weighted by Gasteiger charge is -2.28. The average molecular weight is 440 g/mol. The van der Waals surface area contributed by atoms with Crippen LogP contribution in [0.4, 0.5) is 14.5 Å². The van der Waals surface area contributed by atoms with Crippen molar-refractivity contribution in [1.82, 2.24) is 10.3 Å². The van der Waals surface area contributed by atoms with Crippen LogP contribution in [-0.2, 0) is 4.79 Å². The first-order chi connectivity index (χ1) is 15.4. The maximum atomic E-state index is 14.4. The van der Waals surface area contributed by atoms with E-state index in [9.17, 15) is 18.7 Å². The number of hydrogen-bond acceptors (Lipinski definition) is 4. The van der Waals surface area contributed by atoms with Gasteiger partial charge in [-0.3, -0.25) is 15.1 Å². The van der Waals surface area contributed by atoms with Crippen LogP contribution in [0.5, 0.6) is 0 Å². The Bertz CT molecular complexity index is 1040. The van der Waals surface area contributed by atoms with Gasteiger partial charge in [-0.1, -0.05) is 24.8 Å². The van der Waals surface area contributed by atoms with E-state index in [0.29, 0.717) is 12.1 Å². The van der Waals surface area contributed by atoms with E-state index in [-0.39, 0.29) is 23.8 Å². The Kier molecular flexibility index (Phi) is 6.77. The molecule has 5 nitrogen and oxygen atoms in total. The highest BCUT2D eigenvalue weighted by Gasteiger charge is 2.31. The number of carbonyl (C=O) groups is 1. The summed E-state index contributed by atoms with van der Waals surface area (Å²) in [6.07, 6.45) is 7.24. The molecule has 0 spiro atoms. The summed E-state index contributed by atoms with van der Waals surface area (Å²) in [6, 6.07) is 6.11. The first-order valence-electron chi connectivity index (χ1n) is 10.9. The molecule has 1 aromatic heterocycles. The molecule has 2 heterocycles. The van der Waals surface area contributed by atoms with Crippen LogP contribution in [0, 0.1) is 5.82 Å². The number of amides is 1. The summed E-state index contributed by atoms with van der Waals surface area (Å²) >= 11 is 0. The quantitative estimate of drug-likeness (QED) is 0.477. The average Bonchev–Trinajstić information content (AvgIpc) is 2.96. The van der Waals surface area contributed by atoms with Crippen LogP contribution in [0.1, 0.15) is 55.2 Å². The molecule has 1 aliphatic carbocycles. The number of nitrogens with zero attached hydrogens (tertiary/aromatic N) is 1. The maximum absolute atomic E-state index is 14.4. The van der Waals surface area contributed by atoms with Crippen LogP contribution >= 0.6 is 0 Å². The molecule has 32 heavy (non-hydrogen) atoms. The normalized spacial score (nSPS) is 26.2. The number of aromatic nitrogens is 1. The van der Waals surface area contributed by atoms with Crippen molar-refractivity contribution in [2.75, 3.05) is 5.32 Å². The van der Waals surface area contributed by atoms with Crippen LogP contribution < -0.4 is 10.6 Å². The van der Waals surface area contributed by atoms with Crippen molar-refractivity contribution >= 4 is 11.6 Å². The van der Waals surface area contributed by atoms with Crippen molar-refractivity contribution in [2.24, 2.45) is 0 Å². The van der Waals surface area contributed by atoms with Crippen LogP contribution in [-0.4, -0.2) is 28.1 Å². The predicted molar refractivity (Wildman–Crippen MR) is 119 cm³/mol. The molecule has 0 bridgehead atoms. The number of halogens is 2. The number of nitrogens with one attached hydrogen (secondary N) is 2. The summed E-state index contributed by atoms with van der Waals surface area (Å²) in [4.78, 5) is 17.2. The van der Waals surface area contributed by atoms with E-state index in [2.05, 4.69) is 22.2 Å². The highest BCUT2D eigenvalue weighted by atomic mass is 19.1. The minimum Gasteiger partial charge on any atom is -0.389 e. The van der Waals surface area contributed by atoms with Crippen molar-refractivity contribution in [3.05, 3.63) is 83.7 Å². The molecular formula is C25H27F2N3O2. The zero-order valence-electron chi connectivity index (χ0n) is 17.7. The van der Waals surface area contributed by atoms with Crippen molar-refractivity contribution < 1.29 is 18.7 Å². The standard InChI is InChI=1S/C25H27F2N3O2/c1-15-6-7-16(8-11-23(15)31)17-12-13-28-14-22(17)30-25(32)21-10-9-20(27)24(29-21)18-4-2-3-5-19(18)26/h2-5,9,12-14,16,21,23-24,29,31H,1,6-8,10-11H2,(H,30,32). The summed E-state index contributed by atoms with van der Waals surface area (Å²) in [5, 5.41) is 16.0. The fraction of sp³-hybridized carbons (Fsp3) is 0.360. The molecule has 2 aliphatic rings. The molecule has 1 aliphatic heterocycles. The van der Waals surface area contributed by atoms with Gasteiger partial charge in [-0.15, -0.1) is 0 Å². The summed E-state index contributed by atoms with van der Waals surface area (Å²) in [7, 11) is 0. The summed E-state index contributed by atoms with van der Waals surface area (Å²) in [5.41, 5.74) is 2.56. The van der Waals surface area contributed by atoms with Gasteiger partial charge < -0.3 is 10.4 Å². The second-order valence-corrected chi connectivity index (χ2v) is 8.44. The summed E-state index contributed by atoms with van der Waals surface area (Å²) in [6.45, 7) is 3.96. The van der Waals surface area contributed by atoms with Crippen molar-refractivity contribution in [3.8, 4) is 0 Å². The Morgan fingerprint density at radius 1 is 1.16 bits per heavy atom. The largest absolute Gasteiger partial charge is 0.389 e.